The lowest BCUT2D eigenvalue weighted by Gasteiger charge is -2.13. The number of ketones is 1. The number of benzene rings is 1. The van der Waals surface area contributed by atoms with Gasteiger partial charge >= 0.3 is 0 Å². The van der Waals surface area contributed by atoms with E-state index in [4.69, 9.17) is 4.74 Å². The third-order valence-electron chi connectivity index (χ3n) is 2.55. The van der Waals surface area contributed by atoms with Crippen LogP contribution in [0.2, 0.25) is 0 Å². The highest BCUT2D eigenvalue weighted by Gasteiger charge is 2.11. The molecule has 0 spiro atoms. The maximum absolute atomic E-state index is 11.5. The minimum absolute atomic E-state index is 0.0335. The van der Waals surface area contributed by atoms with Crippen molar-refractivity contribution < 1.29 is 9.53 Å². The van der Waals surface area contributed by atoms with E-state index in [1.807, 2.05) is 38.1 Å². The Bertz CT molecular complexity index is 354. The van der Waals surface area contributed by atoms with Crippen LogP contribution in [0.15, 0.2) is 24.3 Å². The Labute approximate surface area is 97.6 Å². The van der Waals surface area contributed by atoms with Gasteiger partial charge in [-0.15, -0.1) is 0 Å². The van der Waals surface area contributed by atoms with Crippen LogP contribution in [0.25, 0.3) is 0 Å². The van der Waals surface area contributed by atoms with Gasteiger partial charge in [0.2, 0.25) is 0 Å². The van der Waals surface area contributed by atoms with Crippen LogP contribution in [0, 0.1) is 5.92 Å². The predicted molar refractivity (Wildman–Crippen MR) is 65.9 cm³/mol. The summed E-state index contributed by atoms with van der Waals surface area (Å²) in [6.45, 7) is 8.18. The van der Waals surface area contributed by atoms with E-state index in [-0.39, 0.29) is 18.3 Å². The van der Waals surface area contributed by atoms with Crippen molar-refractivity contribution in [2.75, 3.05) is 6.61 Å². The molecule has 0 atom stereocenters. The van der Waals surface area contributed by atoms with E-state index in [9.17, 15) is 4.79 Å². The lowest BCUT2D eigenvalue weighted by molar-refractivity contribution is -0.123. The number of hydrogen-bond acceptors (Lipinski definition) is 2. The fraction of sp³-hybridized carbons (Fsp3) is 0.500. The average molecular weight is 220 g/mol. The zero-order valence-electron chi connectivity index (χ0n) is 10.5. The molecule has 0 saturated carbocycles. The molecule has 0 aromatic heterocycles. The maximum atomic E-state index is 11.5. The van der Waals surface area contributed by atoms with Crippen LogP contribution in [0.1, 0.15) is 39.2 Å². The second-order valence-corrected chi connectivity index (χ2v) is 4.60. The molecule has 0 fully saturated rings. The highest BCUT2D eigenvalue weighted by Crippen LogP contribution is 2.25. The normalized spacial score (nSPS) is 10.9. The molecule has 0 aliphatic carbocycles. The summed E-state index contributed by atoms with van der Waals surface area (Å²) in [6.07, 6.45) is 0. The second kappa shape index (κ2) is 5.69. The number of Topliss-reactive ketones (excluding diaryl/α,β-unsaturated/α-hetero) is 1. The third-order valence-corrected chi connectivity index (χ3v) is 2.55. The van der Waals surface area contributed by atoms with E-state index >= 15 is 0 Å². The number of ether oxygens (including phenoxy) is 1. The molecule has 0 aliphatic rings. The summed E-state index contributed by atoms with van der Waals surface area (Å²) in [5, 5.41) is 0. The molecule has 1 aromatic rings. The molecule has 2 heteroatoms. The molecule has 0 bridgehead atoms. The first-order valence-corrected chi connectivity index (χ1v) is 5.76. The van der Waals surface area contributed by atoms with E-state index in [1.54, 1.807) is 0 Å². The van der Waals surface area contributed by atoms with E-state index in [0.29, 0.717) is 5.92 Å². The van der Waals surface area contributed by atoms with Crippen LogP contribution >= 0.6 is 0 Å². The average Bonchev–Trinajstić information content (AvgIpc) is 2.25. The van der Waals surface area contributed by atoms with Crippen molar-refractivity contribution in [3.8, 4) is 5.75 Å². The molecule has 0 saturated heterocycles. The number of carbonyl (C=O) groups excluding carboxylic acids is 1. The van der Waals surface area contributed by atoms with E-state index in [2.05, 4.69) is 13.8 Å². The molecule has 0 aliphatic heterocycles. The monoisotopic (exact) mass is 220 g/mol. The van der Waals surface area contributed by atoms with Crippen molar-refractivity contribution in [2.24, 2.45) is 5.92 Å². The number of hydrogen-bond donors (Lipinski definition) is 0. The summed E-state index contributed by atoms with van der Waals surface area (Å²) in [7, 11) is 0. The number of rotatable bonds is 5. The third kappa shape index (κ3) is 3.37. The standard InChI is InChI=1S/C14H20O2/c1-10(2)12-7-5-6-8-14(12)16-9-13(15)11(3)4/h5-8,10-11H,9H2,1-4H3. The van der Waals surface area contributed by atoms with Crippen molar-refractivity contribution in [1.29, 1.82) is 0 Å². The first-order chi connectivity index (χ1) is 7.52. The predicted octanol–water partition coefficient (Wildman–Crippen LogP) is 3.41. The van der Waals surface area contributed by atoms with Gasteiger partial charge in [0, 0.05) is 5.92 Å². The molecule has 0 radical (unpaired) electrons. The Kier molecular flexibility index (Phi) is 4.53. The van der Waals surface area contributed by atoms with Crippen LogP contribution in [0.5, 0.6) is 5.75 Å². The smallest absolute Gasteiger partial charge is 0.172 e. The van der Waals surface area contributed by atoms with Gasteiger partial charge in [-0.05, 0) is 17.5 Å². The van der Waals surface area contributed by atoms with E-state index in [1.165, 1.54) is 0 Å². The van der Waals surface area contributed by atoms with Crippen LogP contribution < -0.4 is 4.74 Å². The molecular formula is C14H20O2. The highest BCUT2D eigenvalue weighted by molar-refractivity contribution is 5.81. The van der Waals surface area contributed by atoms with Crippen LogP contribution in [-0.2, 0) is 4.79 Å². The van der Waals surface area contributed by atoms with Crippen molar-refractivity contribution >= 4 is 5.78 Å². The molecule has 1 aromatic carbocycles. The Balaban J connectivity index is 2.70. The summed E-state index contributed by atoms with van der Waals surface area (Å²) in [5.41, 5.74) is 1.15. The van der Waals surface area contributed by atoms with Crippen LogP contribution in [-0.4, -0.2) is 12.4 Å². The van der Waals surface area contributed by atoms with Gasteiger partial charge < -0.3 is 4.74 Å². The van der Waals surface area contributed by atoms with Gasteiger partial charge in [0.15, 0.2) is 5.78 Å². The summed E-state index contributed by atoms with van der Waals surface area (Å²) >= 11 is 0. The zero-order chi connectivity index (χ0) is 12.1. The molecule has 0 amide bonds. The Hall–Kier alpha value is -1.31. The Morgan fingerprint density at radius 2 is 1.81 bits per heavy atom. The maximum Gasteiger partial charge on any atom is 0.172 e. The molecule has 2 nitrogen and oxygen atoms in total. The second-order valence-electron chi connectivity index (χ2n) is 4.60. The van der Waals surface area contributed by atoms with Gasteiger partial charge in [-0.25, -0.2) is 0 Å². The van der Waals surface area contributed by atoms with E-state index in [0.717, 1.165) is 11.3 Å². The fourth-order valence-corrected chi connectivity index (χ4v) is 1.40. The SMILES string of the molecule is CC(C)C(=O)COc1ccccc1C(C)C. The van der Waals surface area contributed by atoms with Crippen molar-refractivity contribution in [3.63, 3.8) is 0 Å². The van der Waals surface area contributed by atoms with Crippen LogP contribution in [0.4, 0.5) is 0 Å². The molecular weight excluding hydrogens is 200 g/mol. The van der Waals surface area contributed by atoms with Crippen molar-refractivity contribution in [3.05, 3.63) is 29.8 Å². The zero-order valence-corrected chi connectivity index (χ0v) is 10.5. The first-order valence-electron chi connectivity index (χ1n) is 5.76. The summed E-state index contributed by atoms with van der Waals surface area (Å²) in [4.78, 5) is 11.5. The van der Waals surface area contributed by atoms with E-state index < -0.39 is 0 Å². The molecule has 1 rings (SSSR count). The van der Waals surface area contributed by atoms with Gasteiger partial charge in [0.05, 0.1) is 0 Å². The molecule has 0 unspecified atom stereocenters. The topological polar surface area (TPSA) is 26.3 Å². The quantitative estimate of drug-likeness (QED) is 0.760. The van der Waals surface area contributed by atoms with Crippen LogP contribution in [0.3, 0.4) is 0 Å². The molecule has 88 valence electrons. The van der Waals surface area contributed by atoms with Crippen molar-refractivity contribution in [1.82, 2.24) is 0 Å². The van der Waals surface area contributed by atoms with Gasteiger partial charge in [-0.2, -0.15) is 0 Å². The Morgan fingerprint density at radius 1 is 1.19 bits per heavy atom. The van der Waals surface area contributed by atoms with Gasteiger partial charge in [-0.1, -0.05) is 45.9 Å². The molecule has 16 heavy (non-hydrogen) atoms. The summed E-state index contributed by atoms with van der Waals surface area (Å²) < 4.78 is 5.57. The van der Waals surface area contributed by atoms with Gasteiger partial charge in [0.1, 0.15) is 12.4 Å². The minimum Gasteiger partial charge on any atom is -0.486 e. The minimum atomic E-state index is 0.0335. The molecule has 0 heterocycles. The fourth-order valence-electron chi connectivity index (χ4n) is 1.40. The first kappa shape index (κ1) is 12.8. The Morgan fingerprint density at radius 3 is 2.38 bits per heavy atom. The number of carbonyl (C=O) groups is 1. The lowest BCUT2D eigenvalue weighted by Crippen LogP contribution is -2.17. The van der Waals surface area contributed by atoms with Gasteiger partial charge in [-0.3, -0.25) is 4.79 Å². The largest absolute Gasteiger partial charge is 0.486 e. The highest BCUT2D eigenvalue weighted by atomic mass is 16.5. The summed E-state index contributed by atoms with van der Waals surface area (Å²) in [6, 6.07) is 7.89. The van der Waals surface area contributed by atoms with Crippen molar-refractivity contribution in [2.45, 2.75) is 33.6 Å². The molecule has 0 N–H and O–H groups in total. The number of para-hydroxylation sites is 1. The van der Waals surface area contributed by atoms with Gasteiger partial charge in [0.25, 0.3) is 0 Å². The lowest BCUT2D eigenvalue weighted by atomic mass is 10.0. The summed E-state index contributed by atoms with van der Waals surface area (Å²) in [5.74, 6) is 1.40.